The van der Waals surface area contributed by atoms with Crippen LogP contribution < -0.4 is 53.5 Å². The van der Waals surface area contributed by atoms with Gasteiger partial charge in [0.25, 0.3) is 5.91 Å². The second-order valence-corrected chi connectivity index (χ2v) is 27.2. The highest BCUT2D eigenvalue weighted by Gasteiger charge is 2.39. The Hall–Kier alpha value is -10.8. The smallest absolute Gasteiger partial charge is 0.336 e. The SMILES string of the molecule is NC(N)=Nc1cccc(C(=O)NCC(=O)NC(CC(=O)O)C(=O)Nc2ccc(OCCCNC(=O)CCOCCOCCOCCOCCOCCOCCOCCOCCOCCOCCOCCOCCNC(=O)CCN3C(=O)CC(SCCC(=O)Nc4ccc(-c5c6ccc(=O)cc-6oc6cc(O)ccc56)c(C(=O)O)c4)C3=O)cc2)c1. The van der Waals surface area contributed by atoms with Crippen molar-refractivity contribution in [3.63, 3.8) is 0 Å². The van der Waals surface area contributed by atoms with Crippen LogP contribution in [-0.2, 0) is 95.2 Å². The van der Waals surface area contributed by atoms with Gasteiger partial charge in [0.2, 0.25) is 41.4 Å². The number of thioether (sulfide) groups is 1. The standard InChI is InChI=1S/C80H104N10O28S/c81-80(82)88-56-4-1-3-54(47-56)76(100)85-53-72(96)89-65(51-74(98)99)77(101)87-55-5-10-60(11-6-55)117-21-2-18-83-70(94)16-22-105-24-26-107-28-30-109-32-34-111-36-38-113-40-42-115-44-45-116-43-41-114-39-37-112-35-33-110-31-29-108-27-25-106-23-19-84-69(93)15-20-90-73(97)52-68(78(90)102)119-46-17-71(95)86-57-7-12-61(64(48-57)79(103)104)75-62-13-8-58(91)49-66(62)118-67-50-59(92)9-14-63(67)75/h1,3-14,47-50,65,68,91H,2,15-46,51-53H2,(H,83,94)(H,84,93)(H,85,100)(H,86,95)(H,87,101)(H,89,96)(H,98,99)(H,103,104)(H4,81,82,88). The zero-order valence-electron chi connectivity index (χ0n) is 65.9. The van der Waals surface area contributed by atoms with E-state index in [9.17, 15) is 68.1 Å². The Balaban J connectivity index is 0.547. The van der Waals surface area contributed by atoms with Gasteiger partial charge in [-0.2, -0.15) is 0 Å². The van der Waals surface area contributed by atoms with E-state index in [1.807, 2.05) is 0 Å². The number of hydrogen-bond donors (Lipinski definition) is 11. The number of amides is 8. The summed E-state index contributed by atoms with van der Waals surface area (Å²) in [6, 6.07) is 23.7. The summed E-state index contributed by atoms with van der Waals surface area (Å²) in [5, 5.41) is 45.0. The third kappa shape index (κ3) is 37.4. The van der Waals surface area contributed by atoms with Crippen LogP contribution in [0.4, 0.5) is 17.1 Å². The molecule has 2 aliphatic heterocycles. The number of ether oxygens (including phenoxy) is 13. The molecule has 2 unspecified atom stereocenters. The molecule has 4 aromatic carbocycles. The maximum absolute atomic E-state index is 13.1. The maximum Gasteiger partial charge on any atom is 0.336 e. The number of rotatable bonds is 63. The molecule has 0 aromatic heterocycles. The average Bonchev–Trinajstić information content (AvgIpc) is 1.39. The van der Waals surface area contributed by atoms with Gasteiger partial charge in [-0.15, -0.1) is 11.8 Å². The molecule has 8 amide bonds. The molecule has 1 fully saturated rings. The predicted octanol–water partition coefficient (Wildman–Crippen LogP) is 3.07. The Morgan fingerprint density at radius 1 is 0.538 bits per heavy atom. The van der Waals surface area contributed by atoms with Crippen molar-refractivity contribution in [2.75, 3.05) is 208 Å². The molecule has 2 atom stereocenters. The summed E-state index contributed by atoms with van der Waals surface area (Å²) in [5.74, 6) is -6.13. The fourth-order valence-electron chi connectivity index (χ4n) is 11.2. The summed E-state index contributed by atoms with van der Waals surface area (Å²) < 4.78 is 77.8. The number of likely N-dealkylation sites (tertiary alicyclic amines) is 1. The first kappa shape index (κ1) is 95.4. The number of anilines is 2. The minimum absolute atomic E-state index is 0.0513. The van der Waals surface area contributed by atoms with Crippen molar-refractivity contribution in [1.29, 1.82) is 0 Å². The van der Waals surface area contributed by atoms with Crippen LogP contribution in [0.1, 0.15) is 59.2 Å². The van der Waals surface area contributed by atoms with Crippen molar-refractivity contribution in [2.45, 2.75) is 49.8 Å². The van der Waals surface area contributed by atoms with E-state index in [-0.39, 0.29) is 127 Å². The summed E-state index contributed by atoms with van der Waals surface area (Å²) in [7, 11) is 0. The molecule has 3 aliphatic rings. The first-order chi connectivity index (χ1) is 57.7. The number of aliphatic carboxylic acids is 1. The van der Waals surface area contributed by atoms with E-state index in [0.29, 0.717) is 192 Å². The number of hydrogen-bond acceptors (Lipinski definition) is 28. The van der Waals surface area contributed by atoms with Gasteiger partial charge in [-0.1, -0.05) is 12.1 Å². The van der Waals surface area contributed by atoms with Crippen LogP contribution in [0.5, 0.6) is 11.5 Å². The van der Waals surface area contributed by atoms with Crippen LogP contribution in [0.2, 0.25) is 0 Å². The Morgan fingerprint density at radius 3 is 1.66 bits per heavy atom. The third-order valence-electron chi connectivity index (χ3n) is 16.9. The van der Waals surface area contributed by atoms with Crippen molar-refractivity contribution >= 4 is 105 Å². The van der Waals surface area contributed by atoms with Crippen molar-refractivity contribution < 1.29 is 129 Å². The maximum atomic E-state index is 13.1. The number of aromatic carboxylic acids is 1. The number of nitrogens with zero attached hydrogens (tertiary/aromatic N) is 2. The minimum Gasteiger partial charge on any atom is -0.508 e. The van der Waals surface area contributed by atoms with E-state index < -0.39 is 71.6 Å². The number of carboxylic acid groups (broad SMARTS) is 2. The number of nitrogens with one attached hydrogen (secondary N) is 6. The van der Waals surface area contributed by atoms with E-state index >= 15 is 0 Å². The van der Waals surface area contributed by atoms with Crippen LogP contribution in [-0.4, -0.2) is 294 Å². The highest BCUT2D eigenvalue weighted by Crippen LogP contribution is 2.42. The molecule has 0 spiro atoms. The van der Waals surface area contributed by atoms with E-state index in [1.165, 1.54) is 60.7 Å². The third-order valence-corrected chi connectivity index (χ3v) is 18.1. The summed E-state index contributed by atoms with van der Waals surface area (Å²) in [4.78, 5) is 143. The summed E-state index contributed by atoms with van der Waals surface area (Å²) in [6.45, 7) is 9.12. The largest absolute Gasteiger partial charge is 0.508 e. The number of aliphatic imine (C=N–C) groups is 1. The number of imide groups is 1. The summed E-state index contributed by atoms with van der Waals surface area (Å²) >= 11 is 1.14. The van der Waals surface area contributed by atoms with Crippen LogP contribution in [0.15, 0.2) is 117 Å². The van der Waals surface area contributed by atoms with E-state index in [4.69, 9.17) is 77.5 Å². The van der Waals surface area contributed by atoms with E-state index in [1.54, 1.807) is 42.5 Å². The first-order valence-electron chi connectivity index (χ1n) is 38.5. The molecule has 119 heavy (non-hydrogen) atoms. The second kappa shape index (κ2) is 55.1. The fourth-order valence-corrected chi connectivity index (χ4v) is 12.3. The number of benzene rings is 5. The zero-order valence-corrected chi connectivity index (χ0v) is 66.7. The van der Waals surface area contributed by atoms with Gasteiger partial charge in [0, 0.05) is 96.7 Å². The number of carboxylic acids is 2. The Bertz CT molecular complexity index is 4270. The number of carbonyl (C=O) groups is 10. The van der Waals surface area contributed by atoms with Crippen LogP contribution in [0.25, 0.3) is 33.4 Å². The monoisotopic (exact) mass is 1680 g/mol. The molecule has 4 aromatic rings. The molecule has 38 nitrogen and oxygen atoms in total. The molecule has 1 aliphatic carbocycles. The minimum atomic E-state index is -1.45. The quantitative estimate of drug-likeness (QED) is 0.00859. The lowest BCUT2D eigenvalue weighted by molar-refractivity contribution is -0.140. The first-order valence-corrected chi connectivity index (χ1v) is 39.6. The zero-order chi connectivity index (χ0) is 85.2. The van der Waals surface area contributed by atoms with Crippen LogP contribution in [0.3, 0.4) is 0 Å². The number of aromatic hydroxyl groups is 1. The summed E-state index contributed by atoms with van der Waals surface area (Å²) in [5.41, 5.74) is 12.7. The number of phenolic OH excluding ortho intramolecular Hbond substituents is 1. The Labute approximate surface area is 689 Å². The fraction of sp³-hybridized carbons (Fsp3) is 0.475. The van der Waals surface area contributed by atoms with Gasteiger partial charge in [0.05, 0.1) is 195 Å². The Morgan fingerprint density at radius 2 is 1.08 bits per heavy atom. The number of phenols is 1. The number of carbonyl (C=O) groups excluding carboxylic acids is 8. The molecule has 39 heteroatoms. The van der Waals surface area contributed by atoms with Gasteiger partial charge in [0.15, 0.2) is 11.4 Å². The van der Waals surface area contributed by atoms with Crippen LogP contribution >= 0.6 is 11.8 Å². The second-order valence-electron chi connectivity index (χ2n) is 25.9. The van der Waals surface area contributed by atoms with Gasteiger partial charge in [-0.25, -0.2) is 9.79 Å². The molecule has 1 saturated heterocycles. The average molecular weight is 1690 g/mol. The number of guanidine groups is 1. The lowest BCUT2D eigenvalue weighted by Crippen LogP contribution is -2.48. The van der Waals surface area contributed by atoms with Gasteiger partial charge >= 0.3 is 11.9 Å². The predicted molar refractivity (Wildman–Crippen MR) is 433 cm³/mol. The van der Waals surface area contributed by atoms with Crippen molar-refractivity contribution in [1.82, 2.24) is 26.2 Å². The molecule has 0 saturated carbocycles. The highest BCUT2D eigenvalue weighted by atomic mass is 32.2. The van der Waals surface area contributed by atoms with Crippen LogP contribution in [0, 0.1) is 0 Å². The van der Waals surface area contributed by atoms with Gasteiger partial charge in [-0.3, -0.25) is 52.8 Å². The lowest BCUT2D eigenvalue weighted by Gasteiger charge is -2.17. The molecule has 7 rings (SSSR count). The van der Waals surface area contributed by atoms with E-state index in [2.05, 4.69) is 36.9 Å². The molecule has 0 bridgehead atoms. The van der Waals surface area contributed by atoms with Crippen molar-refractivity contribution in [2.24, 2.45) is 16.5 Å². The molecule has 13 N–H and O–H groups in total. The van der Waals surface area contributed by atoms with Crippen molar-refractivity contribution in [3.05, 3.63) is 124 Å². The lowest BCUT2D eigenvalue weighted by atomic mass is 9.90. The Kier molecular flexibility index (Phi) is 44.1. The van der Waals surface area contributed by atoms with Gasteiger partial charge in [-0.05, 0) is 90.8 Å². The van der Waals surface area contributed by atoms with E-state index in [0.717, 1.165) is 16.7 Å². The van der Waals surface area contributed by atoms with Gasteiger partial charge in [0.1, 0.15) is 28.9 Å². The molecule has 2 heterocycles. The molecular formula is C80H104N10O28S. The van der Waals surface area contributed by atoms with Crippen molar-refractivity contribution in [3.8, 4) is 33.9 Å². The number of fused-ring (bicyclic) bond motifs is 2. The molecule has 0 radical (unpaired) electrons. The normalized spacial score (nSPS) is 12.8. The van der Waals surface area contributed by atoms with Gasteiger partial charge < -0.3 is 125 Å². The molecule has 648 valence electrons. The number of nitrogens with two attached hydrogens (primary N) is 2. The highest BCUT2D eigenvalue weighted by molar-refractivity contribution is 8.00. The molecular weight excluding hydrogens is 1580 g/mol. The topological polar surface area (TPSA) is 521 Å². The summed E-state index contributed by atoms with van der Waals surface area (Å²) in [6.07, 6.45) is -0.262.